The van der Waals surface area contributed by atoms with E-state index < -0.39 is 0 Å². The van der Waals surface area contributed by atoms with Gasteiger partial charge in [0.2, 0.25) is 5.91 Å². The Labute approximate surface area is 148 Å². The fourth-order valence-electron chi connectivity index (χ4n) is 3.58. The average Bonchev–Trinajstić information content (AvgIpc) is 2.51. The molecule has 3 amide bonds. The molecular weight excluding hydrogens is 318 g/mol. The summed E-state index contributed by atoms with van der Waals surface area (Å²) in [5.74, 6) is 0.951. The van der Waals surface area contributed by atoms with Crippen LogP contribution in [-0.4, -0.2) is 53.5 Å². The number of likely N-dealkylation sites (tertiary alicyclic amines) is 1. The Kier molecular flexibility index (Phi) is 5.11. The van der Waals surface area contributed by atoms with Gasteiger partial charge in [-0.15, -0.1) is 0 Å². The number of aromatic nitrogens is 1. The van der Waals surface area contributed by atoms with Gasteiger partial charge in [0.25, 0.3) is 0 Å². The monoisotopic (exact) mass is 345 g/mol. The topological polar surface area (TPSA) is 77.6 Å². The molecule has 2 saturated heterocycles. The Balaban J connectivity index is 1.58. The van der Waals surface area contributed by atoms with E-state index in [0.29, 0.717) is 24.8 Å². The number of carbonyl (C=O) groups excluding carboxylic acids is 2. The number of amides is 3. The van der Waals surface area contributed by atoms with Crippen LogP contribution < -0.4 is 15.5 Å². The maximum Gasteiger partial charge on any atom is 0.322 e. The Morgan fingerprint density at radius 1 is 1.28 bits per heavy atom. The van der Waals surface area contributed by atoms with E-state index in [4.69, 9.17) is 0 Å². The molecule has 0 spiro atoms. The van der Waals surface area contributed by atoms with Crippen LogP contribution >= 0.6 is 0 Å². The zero-order chi connectivity index (χ0) is 18.0. The molecule has 3 rings (SSSR count). The number of hydrogen-bond donors (Lipinski definition) is 2. The zero-order valence-electron chi connectivity index (χ0n) is 15.2. The summed E-state index contributed by atoms with van der Waals surface area (Å²) in [5, 5.41) is 5.70. The van der Waals surface area contributed by atoms with Crippen LogP contribution in [0.25, 0.3) is 0 Å². The third-order valence-corrected chi connectivity index (χ3v) is 4.95. The predicted molar refractivity (Wildman–Crippen MR) is 97.8 cm³/mol. The minimum Gasteiger partial charge on any atom is -0.354 e. The molecular formula is C18H27N5O2. The number of nitrogens with one attached hydrogen (secondary N) is 2. The molecule has 2 aliphatic heterocycles. The van der Waals surface area contributed by atoms with Gasteiger partial charge in [-0.05, 0) is 44.7 Å². The van der Waals surface area contributed by atoms with Crippen molar-refractivity contribution in [2.45, 2.75) is 52.1 Å². The highest BCUT2D eigenvalue weighted by Gasteiger charge is 2.31. The first-order valence-corrected chi connectivity index (χ1v) is 9.00. The van der Waals surface area contributed by atoms with Gasteiger partial charge in [0.1, 0.15) is 5.82 Å². The molecule has 1 aromatic heterocycles. The summed E-state index contributed by atoms with van der Waals surface area (Å²) in [6.45, 7) is 7.89. The van der Waals surface area contributed by atoms with Gasteiger partial charge < -0.3 is 20.4 Å². The molecule has 25 heavy (non-hydrogen) atoms. The summed E-state index contributed by atoms with van der Waals surface area (Å²) < 4.78 is 0. The quantitative estimate of drug-likeness (QED) is 0.880. The fourth-order valence-corrected chi connectivity index (χ4v) is 3.58. The van der Waals surface area contributed by atoms with Gasteiger partial charge in [0, 0.05) is 32.6 Å². The molecule has 0 saturated carbocycles. The highest BCUT2D eigenvalue weighted by Crippen LogP contribution is 2.27. The summed E-state index contributed by atoms with van der Waals surface area (Å²) in [6, 6.07) is 2.40. The number of aryl methyl sites for hydroxylation is 1. The molecule has 0 aliphatic carbocycles. The van der Waals surface area contributed by atoms with Crippen LogP contribution in [0.4, 0.5) is 16.3 Å². The van der Waals surface area contributed by atoms with Crippen molar-refractivity contribution in [1.29, 1.82) is 0 Å². The Morgan fingerprint density at radius 3 is 2.68 bits per heavy atom. The summed E-state index contributed by atoms with van der Waals surface area (Å²) >= 11 is 0. The number of anilines is 2. The van der Waals surface area contributed by atoms with E-state index in [1.807, 2.05) is 13.0 Å². The van der Waals surface area contributed by atoms with E-state index >= 15 is 0 Å². The molecule has 7 nitrogen and oxygen atoms in total. The summed E-state index contributed by atoms with van der Waals surface area (Å²) in [5.41, 5.74) is 1.78. The molecule has 3 heterocycles. The van der Waals surface area contributed by atoms with E-state index in [-0.39, 0.29) is 18.0 Å². The summed E-state index contributed by atoms with van der Waals surface area (Å²) in [6.07, 6.45) is 5.41. The third kappa shape index (κ3) is 4.03. The minimum absolute atomic E-state index is 0.0612. The Hall–Kier alpha value is -2.31. The molecule has 1 aromatic rings. The maximum absolute atomic E-state index is 12.2. The Morgan fingerprint density at radius 2 is 2.04 bits per heavy atom. The van der Waals surface area contributed by atoms with Gasteiger partial charge in [0.05, 0.1) is 17.9 Å². The molecule has 0 unspecified atom stereocenters. The first-order chi connectivity index (χ1) is 11.9. The SMILES string of the molecule is CC(=O)NC1CN(C(=O)Nc2cnc(N3CCCC[C@@H]3C)c(C)c2)C1. The fraction of sp³-hybridized carbons (Fsp3) is 0.611. The molecule has 0 radical (unpaired) electrons. The van der Waals surface area contributed by atoms with Gasteiger partial charge in [-0.1, -0.05) is 0 Å². The number of hydrogen-bond acceptors (Lipinski definition) is 4. The molecule has 0 aromatic carbocycles. The van der Waals surface area contributed by atoms with Gasteiger partial charge in [-0.3, -0.25) is 4.79 Å². The maximum atomic E-state index is 12.2. The zero-order valence-corrected chi connectivity index (χ0v) is 15.2. The third-order valence-electron chi connectivity index (χ3n) is 4.95. The number of pyridine rings is 1. The van der Waals surface area contributed by atoms with Crippen molar-refractivity contribution >= 4 is 23.4 Å². The number of carbonyl (C=O) groups is 2. The smallest absolute Gasteiger partial charge is 0.322 e. The van der Waals surface area contributed by atoms with Crippen molar-refractivity contribution in [3.05, 3.63) is 17.8 Å². The van der Waals surface area contributed by atoms with Crippen molar-refractivity contribution in [3.8, 4) is 0 Å². The van der Waals surface area contributed by atoms with Crippen molar-refractivity contribution in [2.75, 3.05) is 29.9 Å². The lowest BCUT2D eigenvalue weighted by Gasteiger charge is -2.39. The second-order valence-electron chi connectivity index (χ2n) is 7.14. The number of rotatable bonds is 3. The van der Waals surface area contributed by atoms with Crippen LogP contribution in [0.3, 0.4) is 0 Å². The van der Waals surface area contributed by atoms with E-state index in [1.165, 1.54) is 26.2 Å². The van der Waals surface area contributed by atoms with E-state index in [0.717, 1.165) is 17.9 Å². The van der Waals surface area contributed by atoms with E-state index in [2.05, 4.69) is 27.4 Å². The first kappa shape index (κ1) is 17.5. The lowest BCUT2D eigenvalue weighted by Crippen LogP contribution is -2.61. The Bertz CT molecular complexity index is 657. The van der Waals surface area contributed by atoms with Crippen molar-refractivity contribution in [3.63, 3.8) is 0 Å². The van der Waals surface area contributed by atoms with Crippen molar-refractivity contribution < 1.29 is 9.59 Å². The second-order valence-corrected chi connectivity index (χ2v) is 7.14. The van der Waals surface area contributed by atoms with Gasteiger partial charge in [0.15, 0.2) is 0 Å². The van der Waals surface area contributed by atoms with Crippen LogP contribution in [-0.2, 0) is 4.79 Å². The van der Waals surface area contributed by atoms with Crippen LogP contribution in [0.2, 0.25) is 0 Å². The van der Waals surface area contributed by atoms with Gasteiger partial charge in [-0.2, -0.15) is 0 Å². The number of urea groups is 1. The van der Waals surface area contributed by atoms with Crippen LogP contribution in [0, 0.1) is 6.92 Å². The lowest BCUT2D eigenvalue weighted by molar-refractivity contribution is -0.120. The van der Waals surface area contributed by atoms with E-state index in [9.17, 15) is 9.59 Å². The lowest BCUT2D eigenvalue weighted by atomic mass is 10.0. The van der Waals surface area contributed by atoms with Gasteiger partial charge in [-0.25, -0.2) is 9.78 Å². The molecule has 0 bridgehead atoms. The molecule has 7 heteroatoms. The highest BCUT2D eigenvalue weighted by molar-refractivity contribution is 5.90. The van der Waals surface area contributed by atoms with Crippen LogP contribution in [0.5, 0.6) is 0 Å². The highest BCUT2D eigenvalue weighted by atomic mass is 16.2. The summed E-state index contributed by atoms with van der Waals surface area (Å²) in [4.78, 5) is 31.9. The second kappa shape index (κ2) is 7.29. The molecule has 1 atom stereocenters. The molecule has 2 fully saturated rings. The number of nitrogens with zero attached hydrogens (tertiary/aromatic N) is 3. The number of piperidine rings is 1. The predicted octanol–water partition coefficient (Wildman–Crippen LogP) is 2.12. The van der Waals surface area contributed by atoms with Crippen LogP contribution in [0.15, 0.2) is 12.3 Å². The average molecular weight is 345 g/mol. The van der Waals surface area contributed by atoms with Gasteiger partial charge >= 0.3 is 6.03 Å². The van der Waals surface area contributed by atoms with Crippen LogP contribution in [0.1, 0.15) is 38.7 Å². The van der Waals surface area contributed by atoms with Crippen molar-refractivity contribution in [2.24, 2.45) is 0 Å². The standard InChI is InChI=1S/C18H27N5O2/c1-12-8-15(9-19-17(12)23-7-5-4-6-13(23)2)21-18(25)22-10-16(11-22)20-14(3)24/h8-9,13,16H,4-7,10-11H2,1-3H3,(H,20,24)(H,21,25)/t13-/m0/s1. The summed E-state index contributed by atoms with van der Waals surface area (Å²) in [7, 11) is 0. The minimum atomic E-state index is -0.151. The first-order valence-electron chi connectivity index (χ1n) is 9.00. The largest absolute Gasteiger partial charge is 0.354 e. The molecule has 2 N–H and O–H groups in total. The molecule has 136 valence electrons. The molecule has 2 aliphatic rings. The van der Waals surface area contributed by atoms with Crippen molar-refractivity contribution in [1.82, 2.24) is 15.2 Å². The van der Waals surface area contributed by atoms with E-state index in [1.54, 1.807) is 11.1 Å². The normalized spacial score (nSPS) is 20.8.